The molecule has 0 unspecified atom stereocenters. The van der Waals surface area contributed by atoms with E-state index in [1.807, 2.05) is 4.90 Å². The summed E-state index contributed by atoms with van der Waals surface area (Å²) in [5.74, 6) is 0.298. The highest BCUT2D eigenvalue weighted by molar-refractivity contribution is 5.80. The van der Waals surface area contributed by atoms with Crippen LogP contribution in [-0.2, 0) is 4.79 Å². The first kappa shape index (κ1) is 13.3. The first-order valence-electron chi connectivity index (χ1n) is 6.08. The molecule has 1 amide bonds. The van der Waals surface area contributed by atoms with E-state index in [9.17, 15) is 4.79 Å². The molecule has 0 saturated carbocycles. The molecule has 1 saturated heterocycles. The van der Waals surface area contributed by atoms with Crippen LogP contribution < -0.4 is 14.8 Å². The Balaban J connectivity index is 1.96. The van der Waals surface area contributed by atoms with Gasteiger partial charge in [0, 0.05) is 13.1 Å². The summed E-state index contributed by atoms with van der Waals surface area (Å²) in [6, 6.07) is 0.283. The number of nitrogens with one attached hydrogen (secondary N) is 1. The minimum atomic E-state index is 0.0378. The van der Waals surface area contributed by atoms with Gasteiger partial charge in [-0.15, -0.1) is 4.98 Å². The Morgan fingerprint density at radius 2 is 1.74 bits per heavy atom. The van der Waals surface area contributed by atoms with Crippen molar-refractivity contribution in [3.63, 3.8) is 0 Å². The summed E-state index contributed by atoms with van der Waals surface area (Å²) in [6.45, 7) is 1.80. The van der Waals surface area contributed by atoms with Crippen molar-refractivity contribution in [3.05, 3.63) is 0 Å². The number of aromatic nitrogens is 3. The van der Waals surface area contributed by atoms with Gasteiger partial charge in [0.1, 0.15) is 0 Å². The number of methoxy groups -OCH3 is 2. The molecule has 8 heteroatoms. The van der Waals surface area contributed by atoms with E-state index in [2.05, 4.69) is 20.3 Å². The fraction of sp³-hybridized carbons (Fsp3) is 0.636. The first-order valence-corrected chi connectivity index (χ1v) is 6.08. The molecule has 8 nitrogen and oxygen atoms in total. The largest absolute Gasteiger partial charge is 0.467 e. The molecule has 19 heavy (non-hydrogen) atoms. The smallest absolute Gasteiger partial charge is 0.324 e. The van der Waals surface area contributed by atoms with Crippen LogP contribution in [0.1, 0.15) is 12.8 Å². The van der Waals surface area contributed by atoms with Gasteiger partial charge in [-0.3, -0.25) is 4.79 Å². The van der Waals surface area contributed by atoms with Gasteiger partial charge in [0.15, 0.2) is 0 Å². The number of nitrogens with zero attached hydrogens (tertiary/aromatic N) is 4. The highest BCUT2D eigenvalue weighted by Gasteiger charge is 2.18. The molecule has 0 radical (unpaired) electrons. The standard InChI is InChI=1S/C11H17N5O3/c1-18-10-13-9(14-11(15-10)19-2)12-7-8(17)16-5-3-4-6-16/h3-7H2,1-2H3,(H,12,13,14,15). The Hall–Kier alpha value is -2.12. The van der Waals surface area contributed by atoms with Gasteiger partial charge in [0.25, 0.3) is 0 Å². The molecule has 0 spiro atoms. The second-order valence-electron chi connectivity index (χ2n) is 4.07. The van der Waals surface area contributed by atoms with Crippen molar-refractivity contribution in [1.82, 2.24) is 19.9 Å². The molecule has 1 aliphatic heterocycles. The van der Waals surface area contributed by atoms with E-state index in [4.69, 9.17) is 9.47 Å². The molecule has 0 aromatic carbocycles. The van der Waals surface area contributed by atoms with Crippen LogP contribution in [0.3, 0.4) is 0 Å². The zero-order chi connectivity index (χ0) is 13.7. The van der Waals surface area contributed by atoms with Crippen LogP contribution in [0.2, 0.25) is 0 Å². The number of ether oxygens (including phenoxy) is 2. The number of carbonyl (C=O) groups is 1. The molecule has 1 aromatic heterocycles. The zero-order valence-electron chi connectivity index (χ0n) is 11.0. The van der Waals surface area contributed by atoms with Gasteiger partial charge in [-0.1, -0.05) is 0 Å². The number of anilines is 1. The molecule has 0 aliphatic carbocycles. The van der Waals surface area contributed by atoms with Crippen molar-refractivity contribution >= 4 is 11.9 Å². The predicted molar refractivity (Wildman–Crippen MR) is 67.2 cm³/mol. The number of amides is 1. The van der Waals surface area contributed by atoms with Crippen LogP contribution in [0.5, 0.6) is 12.0 Å². The molecule has 104 valence electrons. The van der Waals surface area contributed by atoms with E-state index < -0.39 is 0 Å². The average Bonchev–Trinajstić information content (AvgIpc) is 2.98. The van der Waals surface area contributed by atoms with Gasteiger partial charge in [-0.05, 0) is 12.8 Å². The Morgan fingerprint density at radius 1 is 1.16 bits per heavy atom. The van der Waals surface area contributed by atoms with Gasteiger partial charge in [0.05, 0.1) is 20.8 Å². The summed E-state index contributed by atoms with van der Waals surface area (Å²) in [4.78, 5) is 25.5. The first-order chi connectivity index (χ1) is 9.22. The van der Waals surface area contributed by atoms with Crippen molar-refractivity contribution in [1.29, 1.82) is 0 Å². The predicted octanol–water partition coefficient (Wildman–Crippen LogP) is -0.0769. The molecule has 1 aromatic rings. The Kier molecular flexibility index (Phi) is 4.32. The maximum atomic E-state index is 11.9. The fourth-order valence-corrected chi connectivity index (χ4v) is 1.83. The van der Waals surface area contributed by atoms with Crippen LogP contribution in [0.25, 0.3) is 0 Å². The summed E-state index contributed by atoms with van der Waals surface area (Å²) in [7, 11) is 2.90. The zero-order valence-corrected chi connectivity index (χ0v) is 11.0. The number of likely N-dealkylation sites (tertiary alicyclic amines) is 1. The van der Waals surface area contributed by atoms with Crippen LogP contribution in [0.15, 0.2) is 0 Å². The second-order valence-corrected chi connectivity index (χ2v) is 4.07. The van der Waals surface area contributed by atoms with Crippen molar-refractivity contribution in [2.24, 2.45) is 0 Å². The van der Waals surface area contributed by atoms with E-state index in [0.29, 0.717) is 0 Å². The lowest BCUT2D eigenvalue weighted by atomic mass is 10.4. The topological polar surface area (TPSA) is 89.5 Å². The molecular weight excluding hydrogens is 250 g/mol. The van der Waals surface area contributed by atoms with E-state index in [0.717, 1.165) is 25.9 Å². The molecule has 2 rings (SSSR count). The lowest BCUT2D eigenvalue weighted by Crippen LogP contribution is -2.33. The normalized spacial score (nSPS) is 14.3. The highest BCUT2D eigenvalue weighted by Crippen LogP contribution is 2.12. The van der Waals surface area contributed by atoms with Crippen LogP contribution in [0, 0.1) is 0 Å². The molecule has 1 fully saturated rings. The molecule has 1 aliphatic rings. The monoisotopic (exact) mass is 267 g/mol. The molecule has 1 N–H and O–H groups in total. The number of carbonyl (C=O) groups excluding carboxylic acids is 1. The van der Waals surface area contributed by atoms with Gasteiger partial charge in [-0.2, -0.15) is 9.97 Å². The third-order valence-electron chi connectivity index (χ3n) is 2.82. The third kappa shape index (κ3) is 3.43. The van der Waals surface area contributed by atoms with Crippen molar-refractivity contribution in [2.75, 3.05) is 39.2 Å². The molecular formula is C11H17N5O3. The van der Waals surface area contributed by atoms with Gasteiger partial charge in [-0.25, -0.2) is 0 Å². The molecule has 2 heterocycles. The summed E-state index contributed by atoms with van der Waals surface area (Å²) in [6.07, 6.45) is 2.14. The van der Waals surface area contributed by atoms with E-state index in [-0.39, 0.29) is 30.4 Å². The summed E-state index contributed by atoms with van der Waals surface area (Å²) >= 11 is 0. The summed E-state index contributed by atoms with van der Waals surface area (Å²) < 4.78 is 9.85. The Bertz CT molecular complexity index is 426. The molecule has 0 bridgehead atoms. The van der Waals surface area contributed by atoms with Gasteiger partial charge in [0.2, 0.25) is 11.9 Å². The van der Waals surface area contributed by atoms with Crippen LogP contribution in [-0.4, -0.2) is 59.6 Å². The average molecular weight is 267 g/mol. The maximum absolute atomic E-state index is 11.9. The SMILES string of the molecule is COc1nc(NCC(=O)N2CCCC2)nc(OC)n1. The van der Waals surface area contributed by atoms with Crippen molar-refractivity contribution in [3.8, 4) is 12.0 Å². The lowest BCUT2D eigenvalue weighted by molar-refractivity contribution is -0.128. The lowest BCUT2D eigenvalue weighted by Gasteiger charge is -2.15. The second kappa shape index (κ2) is 6.17. The Labute approximate surface area is 111 Å². The highest BCUT2D eigenvalue weighted by atomic mass is 16.5. The summed E-state index contributed by atoms with van der Waals surface area (Å²) in [5, 5.41) is 2.86. The van der Waals surface area contributed by atoms with Crippen LogP contribution in [0.4, 0.5) is 5.95 Å². The van der Waals surface area contributed by atoms with Crippen molar-refractivity contribution < 1.29 is 14.3 Å². The van der Waals surface area contributed by atoms with Gasteiger partial charge < -0.3 is 19.7 Å². The van der Waals surface area contributed by atoms with E-state index >= 15 is 0 Å². The number of hydrogen-bond donors (Lipinski definition) is 1. The Morgan fingerprint density at radius 3 is 2.26 bits per heavy atom. The number of rotatable bonds is 5. The fourth-order valence-electron chi connectivity index (χ4n) is 1.83. The van der Waals surface area contributed by atoms with Gasteiger partial charge >= 0.3 is 12.0 Å². The maximum Gasteiger partial charge on any atom is 0.324 e. The summed E-state index contributed by atoms with van der Waals surface area (Å²) in [5.41, 5.74) is 0. The minimum absolute atomic E-state index is 0.0378. The quantitative estimate of drug-likeness (QED) is 0.798. The van der Waals surface area contributed by atoms with E-state index in [1.54, 1.807) is 0 Å². The van der Waals surface area contributed by atoms with E-state index in [1.165, 1.54) is 14.2 Å². The third-order valence-corrected chi connectivity index (χ3v) is 2.82. The number of hydrogen-bond acceptors (Lipinski definition) is 7. The van der Waals surface area contributed by atoms with Crippen molar-refractivity contribution in [2.45, 2.75) is 12.8 Å². The molecule has 0 atom stereocenters. The van der Waals surface area contributed by atoms with Crippen LogP contribution >= 0.6 is 0 Å². The minimum Gasteiger partial charge on any atom is -0.467 e.